The number of alkyl carbamates (subject to hydrolysis) is 1. The fourth-order valence-corrected chi connectivity index (χ4v) is 3.82. The Morgan fingerprint density at radius 2 is 2.00 bits per heavy atom. The molecule has 2 rings (SSSR count). The standard InChI is InChI=1S/C20H33N3O3S/c1-20(2,3)26-19(25)21-10-4-7-18(24)22-14-16-8-11-23(12-9-16)15-17-6-5-13-27-17/h5-6,13,16H,4,7-12,14-15H2,1-3H3,(H,21,25)(H,22,24). The third-order valence-corrected chi connectivity index (χ3v) is 5.36. The first kappa shape index (κ1) is 21.7. The van der Waals surface area contributed by atoms with E-state index in [0.717, 1.165) is 39.0 Å². The highest BCUT2D eigenvalue weighted by atomic mass is 32.1. The molecule has 6 nitrogen and oxygen atoms in total. The largest absolute Gasteiger partial charge is 0.444 e. The first-order valence-corrected chi connectivity index (χ1v) is 10.7. The molecule has 0 saturated carbocycles. The highest BCUT2D eigenvalue weighted by Crippen LogP contribution is 2.20. The minimum Gasteiger partial charge on any atom is -0.444 e. The minimum absolute atomic E-state index is 0.0574. The van der Waals surface area contributed by atoms with Crippen LogP contribution in [0.4, 0.5) is 4.79 Å². The van der Waals surface area contributed by atoms with Crippen LogP contribution >= 0.6 is 11.3 Å². The zero-order valence-corrected chi connectivity index (χ0v) is 17.6. The quantitative estimate of drug-likeness (QED) is 0.662. The SMILES string of the molecule is CC(C)(C)OC(=O)NCCCC(=O)NCC1CCN(Cc2cccs2)CC1. The van der Waals surface area contributed by atoms with Crippen molar-refractivity contribution in [3.63, 3.8) is 0 Å². The van der Waals surface area contributed by atoms with Gasteiger partial charge in [0, 0.05) is 30.9 Å². The number of nitrogens with one attached hydrogen (secondary N) is 2. The van der Waals surface area contributed by atoms with Gasteiger partial charge >= 0.3 is 6.09 Å². The highest BCUT2D eigenvalue weighted by molar-refractivity contribution is 7.09. The smallest absolute Gasteiger partial charge is 0.407 e. The summed E-state index contributed by atoms with van der Waals surface area (Å²) in [6, 6.07) is 4.29. The van der Waals surface area contributed by atoms with Gasteiger partial charge in [-0.25, -0.2) is 4.79 Å². The molecule has 1 fully saturated rings. The van der Waals surface area contributed by atoms with Crippen molar-refractivity contribution in [2.75, 3.05) is 26.2 Å². The summed E-state index contributed by atoms with van der Waals surface area (Å²) in [4.78, 5) is 27.4. The number of thiophene rings is 1. The molecule has 152 valence electrons. The summed E-state index contributed by atoms with van der Waals surface area (Å²) in [5, 5.41) is 7.84. The van der Waals surface area contributed by atoms with E-state index in [1.807, 2.05) is 32.1 Å². The summed E-state index contributed by atoms with van der Waals surface area (Å²) in [6.07, 6.45) is 2.87. The zero-order valence-electron chi connectivity index (χ0n) is 16.8. The molecule has 1 aromatic rings. The van der Waals surface area contributed by atoms with Crippen molar-refractivity contribution in [3.05, 3.63) is 22.4 Å². The Bertz CT molecular complexity index is 576. The van der Waals surface area contributed by atoms with E-state index in [9.17, 15) is 9.59 Å². The minimum atomic E-state index is -0.499. The van der Waals surface area contributed by atoms with Gasteiger partial charge in [-0.15, -0.1) is 11.3 Å². The van der Waals surface area contributed by atoms with E-state index in [-0.39, 0.29) is 5.91 Å². The van der Waals surface area contributed by atoms with Gasteiger partial charge in [0.2, 0.25) is 5.91 Å². The monoisotopic (exact) mass is 395 g/mol. The van der Waals surface area contributed by atoms with Crippen molar-refractivity contribution in [1.29, 1.82) is 0 Å². The zero-order chi connectivity index (χ0) is 19.7. The Hall–Kier alpha value is -1.60. The molecular weight excluding hydrogens is 362 g/mol. The Morgan fingerprint density at radius 3 is 2.63 bits per heavy atom. The van der Waals surface area contributed by atoms with Crippen molar-refractivity contribution < 1.29 is 14.3 Å². The third-order valence-electron chi connectivity index (χ3n) is 4.50. The normalized spacial score (nSPS) is 16.1. The fourth-order valence-electron chi connectivity index (χ4n) is 3.07. The number of hydrogen-bond acceptors (Lipinski definition) is 5. The van der Waals surface area contributed by atoms with Gasteiger partial charge < -0.3 is 15.4 Å². The second-order valence-corrected chi connectivity index (χ2v) is 9.17. The van der Waals surface area contributed by atoms with Crippen LogP contribution in [0.1, 0.15) is 51.3 Å². The van der Waals surface area contributed by atoms with E-state index in [1.54, 1.807) is 0 Å². The number of ether oxygens (including phenoxy) is 1. The van der Waals surface area contributed by atoms with Gasteiger partial charge in [0.15, 0.2) is 0 Å². The van der Waals surface area contributed by atoms with Gasteiger partial charge in [-0.3, -0.25) is 9.69 Å². The molecule has 27 heavy (non-hydrogen) atoms. The van der Waals surface area contributed by atoms with Crippen LogP contribution in [-0.2, 0) is 16.1 Å². The second-order valence-electron chi connectivity index (χ2n) is 8.14. The number of piperidine rings is 1. The van der Waals surface area contributed by atoms with Crippen LogP contribution in [0, 0.1) is 5.92 Å². The second kappa shape index (κ2) is 10.7. The molecule has 2 amide bonds. The average Bonchev–Trinajstić information content (AvgIpc) is 3.09. The summed E-state index contributed by atoms with van der Waals surface area (Å²) in [6.45, 7) is 9.92. The van der Waals surface area contributed by atoms with Crippen LogP contribution in [0.2, 0.25) is 0 Å². The van der Waals surface area contributed by atoms with E-state index in [1.165, 1.54) is 4.88 Å². The van der Waals surface area contributed by atoms with Crippen molar-refractivity contribution in [2.24, 2.45) is 5.92 Å². The number of hydrogen-bond donors (Lipinski definition) is 2. The molecule has 1 saturated heterocycles. The van der Waals surface area contributed by atoms with Crippen LogP contribution in [-0.4, -0.2) is 48.7 Å². The van der Waals surface area contributed by atoms with E-state index in [4.69, 9.17) is 4.74 Å². The highest BCUT2D eigenvalue weighted by Gasteiger charge is 2.20. The Kier molecular flexibility index (Phi) is 8.57. The van der Waals surface area contributed by atoms with E-state index in [2.05, 4.69) is 33.0 Å². The molecule has 0 radical (unpaired) electrons. The number of carbonyl (C=O) groups is 2. The number of amides is 2. The van der Waals surface area contributed by atoms with E-state index in [0.29, 0.717) is 25.3 Å². The van der Waals surface area contributed by atoms with E-state index >= 15 is 0 Å². The Morgan fingerprint density at radius 1 is 1.26 bits per heavy atom. The molecular formula is C20H33N3O3S. The molecule has 7 heteroatoms. The summed E-state index contributed by atoms with van der Waals surface area (Å²) < 4.78 is 5.16. The van der Waals surface area contributed by atoms with Gasteiger partial charge in [-0.05, 0) is 70.5 Å². The lowest BCUT2D eigenvalue weighted by atomic mass is 9.96. The van der Waals surface area contributed by atoms with Crippen LogP contribution in [0.25, 0.3) is 0 Å². The van der Waals surface area contributed by atoms with Gasteiger partial charge in [-0.2, -0.15) is 0 Å². The van der Waals surface area contributed by atoms with Gasteiger partial charge in [0.05, 0.1) is 0 Å². The maximum Gasteiger partial charge on any atom is 0.407 e. The first-order chi connectivity index (χ1) is 12.8. The molecule has 1 aliphatic rings. The Balaban J connectivity index is 1.50. The van der Waals surface area contributed by atoms with Crippen LogP contribution in [0.3, 0.4) is 0 Å². The Labute approximate surface area is 166 Å². The van der Waals surface area contributed by atoms with Crippen LogP contribution < -0.4 is 10.6 Å². The van der Waals surface area contributed by atoms with Crippen molar-refractivity contribution in [2.45, 2.75) is 58.6 Å². The summed E-state index contributed by atoms with van der Waals surface area (Å²) in [7, 11) is 0. The van der Waals surface area contributed by atoms with Crippen molar-refractivity contribution in [3.8, 4) is 0 Å². The van der Waals surface area contributed by atoms with Crippen molar-refractivity contribution >= 4 is 23.3 Å². The summed E-state index contributed by atoms with van der Waals surface area (Å²) in [5.74, 6) is 0.621. The summed E-state index contributed by atoms with van der Waals surface area (Å²) >= 11 is 1.81. The lowest BCUT2D eigenvalue weighted by molar-refractivity contribution is -0.121. The third kappa shape index (κ3) is 9.24. The topological polar surface area (TPSA) is 70.7 Å². The molecule has 0 bridgehead atoms. The van der Waals surface area contributed by atoms with Crippen LogP contribution in [0.5, 0.6) is 0 Å². The summed E-state index contributed by atoms with van der Waals surface area (Å²) in [5.41, 5.74) is -0.499. The molecule has 1 aromatic heterocycles. The molecule has 0 spiro atoms. The predicted molar refractivity (Wildman–Crippen MR) is 109 cm³/mol. The molecule has 0 atom stereocenters. The van der Waals surface area contributed by atoms with Crippen molar-refractivity contribution in [1.82, 2.24) is 15.5 Å². The average molecular weight is 396 g/mol. The molecule has 0 aliphatic carbocycles. The van der Waals surface area contributed by atoms with Gasteiger partial charge in [0.25, 0.3) is 0 Å². The van der Waals surface area contributed by atoms with Gasteiger partial charge in [-0.1, -0.05) is 6.07 Å². The first-order valence-electron chi connectivity index (χ1n) is 9.80. The maximum atomic E-state index is 12.0. The lowest BCUT2D eigenvalue weighted by Gasteiger charge is -2.31. The van der Waals surface area contributed by atoms with Crippen LogP contribution in [0.15, 0.2) is 17.5 Å². The number of carbonyl (C=O) groups excluding carboxylic acids is 2. The van der Waals surface area contributed by atoms with E-state index < -0.39 is 11.7 Å². The molecule has 0 unspecified atom stereocenters. The molecule has 2 N–H and O–H groups in total. The number of nitrogens with zero attached hydrogens (tertiary/aromatic N) is 1. The molecule has 2 heterocycles. The maximum absolute atomic E-state index is 12.0. The molecule has 0 aromatic carbocycles. The molecule has 1 aliphatic heterocycles. The predicted octanol–water partition coefficient (Wildman–Crippen LogP) is 3.38. The van der Waals surface area contributed by atoms with Gasteiger partial charge in [0.1, 0.15) is 5.60 Å². The number of likely N-dealkylation sites (tertiary alicyclic amines) is 1. The fraction of sp³-hybridized carbons (Fsp3) is 0.700. The lowest BCUT2D eigenvalue weighted by Crippen LogP contribution is -2.38. The number of rotatable bonds is 8.